The number of non-ortho nitro benzene ring substituents is 1. The Morgan fingerprint density at radius 2 is 1.66 bits per heavy atom. The Hall–Kier alpha value is -2.78. The van der Waals surface area contributed by atoms with Gasteiger partial charge in [0.2, 0.25) is 6.41 Å². The molecule has 0 aromatic heterocycles. The Bertz CT molecular complexity index is 626. The van der Waals surface area contributed by atoms with Gasteiger partial charge in [-0.05, 0) is 20.8 Å². The van der Waals surface area contributed by atoms with Gasteiger partial charge in [-0.1, -0.05) is 12.1 Å². The van der Waals surface area contributed by atoms with Crippen LogP contribution in [0.5, 0.6) is 0 Å². The first kappa shape index (κ1) is 28.4. The molecular formula is C20H33N3O6. The summed E-state index contributed by atoms with van der Waals surface area (Å²) in [5, 5.41) is 10.5. The Labute approximate surface area is 173 Å². The van der Waals surface area contributed by atoms with Crippen molar-refractivity contribution >= 4 is 17.9 Å². The van der Waals surface area contributed by atoms with Gasteiger partial charge in [0.15, 0.2) is 12.1 Å². The topological polar surface area (TPSA) is 102 Å². The van der Waals surface area contributed by atoms with E-state index in [2.05, 4.69) is 0 Å². The van der Waals surface area contributed by atoms with Crippen LogP contribution in [0.15, 0.2) is 36.5 Å². The lowest BCUT2D eigenvalue weighted by molar-refractivity contribution is -0.384. The lowest BCUT2D eigenvalue weighted by atomic mass is 10.1. The highest BCUT2D eigenvalue weighted by Crippen LogP contribution is 2.13. The third kappa shape index (κ3) is 17.1. The van der Waals surface area contributed by atoms with Crippen LogP contribution < -0.4 is 0 Å². The SMILES string of the molecule is CCOC(C)OCC.CN(C)/C=C/C(=O)c1cccc([N+](=O)[O-])c1.CN(C)C=O. The standard InChI is InChI=1S/C11H12N2O3.C6H14O2.C3H7NO/c1-12(2)7-6-11(14)9-4-3-5-10(8-9)13(15)16;1-4-7-6(3)8-5-2;1-4(2)3-5/h3-8H,1-2H3;6H,4-5H2,1-3H3;3H,1-2H3/b7-6+;;. The molecule has 1 rings (SSSR count). The molecule has 0 aliphatic carbocycles. The Morgan fingerprint density at radius 1 is 1.14 bits per heavy atom. The number of nitro benzene ring substituents is 1. The summed E-state index contributed by atoms with van der Waals surface area (Å²) in [6.07, 6.45) is 3.69. The van der Waals surface area contributed by atoms with Crippen LogP contribution in [-0.2, 0) is 14.3 Å². The zero-order chi connectivity index (χ0) is 22.8. The molecule has 0 unspecified atom stereocenters. The molecule has 1 aromatic rings. The van der Waals surface area contributed by atoms with Crippen molar-refractivity contribution in [2.24, 2.45) is 0 Å². The zero-order valence-corrected chi connectivity index (χ0v) is 18.3. The summed E-state index contributed by atoms with van der Waals surface area (Å²) < 4.78 is 10.1. The number of nitrogens with zero attached hydrogens (tertiary/aromatic N) is 3. The third-order valence-electron chi connectivity index (χ3n) is 2.88. The number of hydrogen-bond acceptors (Lipinski definition) is 7. The second-order valence-corrected chi connectivity index (χ2v) is 6.00. The number of nitro groups is 1. The van der Waals surface area contributed by atoms with Gasteiger partial charge in [-0.15, -0.1) is 0 Å². The lowest BCUT2D eigenvalue weighted by Gasteiger charge is -2.09. The predicted molar refractivity (Wildman–Crippen MR) is 113 cm³/mol. The van der Waals surface area contributed by atoms with Gasteiger partial charge < -0.3 is 19.3 Å². The molecule has 0 aliphatic rings. The van der Waals surface area contributed by atoms with E-state index in [1.54, 1.807) is 45.4 Å². The van der Waals surface area contributed by atoms with Crippen LogP contribution in [0.2, 0.25) is 0 Å². The number of carbonyl (C=O) groups excluding carboxylic acids is 2. The fourth-order valence-corrected chi connectivity index (χ4v) is 1.60. The van der Waals surface area contributed by atoms with E-state index >= 15 is 0 Å². The maximum atomic E-state index is 11.6. The zero-order valence-electron chi connectivity index (χ0n) is 18.3. The molecule has 0 radical (unpaired) electrons. The molecule has 9 heteroatoms. The van der Waals surface area contributed by atoms with Crippen LogP contribution in [0.25, 0.3) is 0 Å². The van der Waals surface area contributed by atoms with Gasteiger partial charge in [-0.3, -0.25) is 19.7 Å². The number of allylic oxidation sites excluding steroid dienone is 1. The Kier molecular flexibility index (Phi) is 17.0. The third-order valence-corrected chi connectivity index (χ3v) is 2.88. The second-order valence-electron chi connectivity index (χ2n) is 6.00. The number of carbonyl (C=O) groups is 2. The van der Waals surface area contributed by atoms with Crippen molar-refractivity contribution in [2.45, 2.75) is 27.1 Å². The monoisotopic (exact) mass is 411 g/mol. The fourth-order valence-electron chi connectivity index (χ4n) is 1.60. The molecule has 164 valence electrons. The fraction of sp³-hybridized carbons (Fsp3) is 0.500. The summed E-state index contributed by atoms with van der Waals surface area (Å²) in [5.74, 6) is -0.252. The highest BCUT2D eigenvalue weighted by Gasteiger charge is 2.09. The summed E-state index contributed by atoms with van der Waals surface area (Å²) >= 11 is 0. The van der Waals surface area contributed by atoms with Gasteiger partial charge in [0.25, 0.3) is 5.69 Å². The van der Waals surface area contributed by atoms with Gasteiger partial charge >= 0.3 is 0 Å². The molecule has 0 spiro atoms. The molecule has 29 heavy (non-hydrogen) atoms. The van der Waals surface area contributed by atoms with E-state index in [1.807, 2.05) is 20.8 Å². The average Bonchev–Trinajstić information content (AvgIpc) is 2.67. The highest BCUT2D eigenvalue weighted by atomic mass is 16.7. The van der Waals surface area contributed by atoms with Crippen LogP contribution in [0.1, 0.15) is 31.1 Å². The summed E-state index contributed by atoms with van der Waals surface area (Å²) in [5.41, 5.74) is 0.233. The minimum atomic E-state index is -0.521. The Morgan fingerprint density at radius 3 is 2.03 bits per heavy atom. The van der Waals surface area contributed by atoms with E-state index < -0.39 is 4.92 Å². The largest absolute Gasteiger partial charge is 0.383 e. The molecule has 0 bridgehead atoms. The van der Waals surface area contributed by atoms with Crippen molar-refractivity contribution in [3.63, 3.8) is 0 Å². The molecular weight excluding hydrogens is 378 g/mol. The first-order valence-corrected chi connectivity index (χ1v) is 9.07. The van der Waals surface area contributed by atoms with Gasteiger partial charge in [-0.25, -0.2) is 0 Å². The van der Waals surface area contributed by atoms with E-state index in [9.17, 15) is 19.7 Å². The number of ether oxygens (including phenoxy) is 2. The van der Waals surface area contributed by atoms with Crippen molar-refractivity contribution in [3.05, 3.63) is 52.2 Å². The van der Waals surface area contributed by atoms with Crippen LogP contribution in [0.3, 0.4) is 0 Å². The quantitative estimate of drug-likeness (QED) is 0.154. The van der Waals surface area contributed by atoms with E-state index in [1.165, 1.54) is 29.2 Å². The van der Waals surface area contributed by atoms with Crippen LogP contribution in [0, 0.1) is 10.1 Å². The second kappa shape index (κ2) is 17.3. The maximum Gasteiger partial charge on any atom is 0.270 e. The molecule has 0 saturated carbocycles. The van der Waals surface area contributed by atoms with Crippen molar-refractivity contribution in [1.82, 2.24) is 9.80 Å². The predicted octanol–water partition coefficient (Wildman–Crippen LogP) is 2.96. The summed E-state index contributed by atoms with van der Waals surface area (Å²) in [4.78, 5) is 34.2. The lowest BCUT2D eigenvalue weighted by Crippen LogP contribution is -2.11. The van der Waals surface area contributed by atoms with Gasteiger partial charge in [0, 0.05) is 71.4 Å². The first-order valence-electron chi connectivity index (χ1n) is 9.07. The van der Waals surface area contributed by atoms with Gasteiger partial charge in [0.1, 0.15) is 0 Å². The van der Waals surface area contributed by atoms with Crippen molar-refractivity contribution in [3.8, 4) is 0 Å². The van der Waals surface area contributed by atoms with Gasteiger partial charge in [-0.2, -0.15) is 0 Å². The minimum Gasteiger partial charge on any atom is -0.383 e. The molecule has 0 N–H and O–H groups in total. The average molecular weight is 411 g/mol. The summed E-state index contributed by atoms with van der Waals surface area (Å²) in [6.45, 7) is 7.25. The highest BCUT2D eigenvalue weighted by molar-refractivity contribution is 6.04. The molecule has 0 aliphatic heterocycles. The number of rotatable bonds is 9. The van der Waals surface area contributed by atoms with Gasteiger partial charge in [0.05, 0.1) is 4.92 Å². The molecule has 0 heterocycles. The minimum absolute atomic E-state index is 0.0370. The van der Waals surface area contributed by atoms with Crippen molar-refractivity contribution in [2.75, 3.05) is 41.4 Å². The first-order chi connectivity index (χ1) is 13.6. The van der Waals surface area contributed by atoms with E-state index in [4.69, 9.17) is 9.47 Å². The smallest absolute Gasteiger partial charge is 0.270 e. The molecule has 0 saturated heterocycles. The molecule has 9 nitrogen and oxygen atoms in total. The molecule has 1 amide bonds. The molecule has 0 atom stereocenters. The number of ketones is 1. The molecule has 0 fully saturated rings. The van der Waals surface area contributed by atoms with E-state index in [0.29, 0.717) is 5.56 Å². The number of hydrogen-bond donors (Lipinski definition) is 0. The van der Waals surface area contributed by atoms with E-state index in [-0.39, 0.29) is 17.8 Å². The van der Waals surface area contributed by atoms with Crippen LogP contribution >= 0.6 is 0 Å². The number of benzene rings is 1. The van der Waals surface area contributed by atoms with Crippen LogP contribution in [-0.4, -0.2) is 74.6 Å². The number of amides is 1. The van der Waals surface area contributed by atoms with Crippen LogP contribution in [0.4, 0.5) is 5.69 Å². The summed E-state index contributed by atoms with van der Waals surface area (Å²) in [7, 11) is 6.95. The van der Waals surface area contributed by atoms with E-state index in [0.717, 1.165) is 19.6 Å². The summed E-state index contributed by atoms with van der Waals surface area (Å²) in [6, 6.07) is 5.67. The maximum absolute atomic E-state index is 11.6. The normalized spacial score (nSPS) is 9.79. The van der Waals surface area contributed by atoms with Crippen molar-refractivity contribution in [1.29, 1.82) is 0 Å². The molecule has 1 aromatic carbocycles. The van der Waals surface area contributed by atoms with Crippen molar-refractivity contribution < 1.29 is 24.0 Å². The Balaban J connectivity index is 0.